The Hall–Kier alpha value is -4.32. The molecule has 1 aromatic carbocycles. The highest BCUT2D eigenvalue weighted by Crippen LogP contribution is 2.39. The Balaban J connectivity index is 1.71. The molecule has 2 N–H and O–H groups in total. The number of aromatic nitrogens is 3. The first-order valence-corrected chi connectivity index (χ1v) is 12.4. The molecule has 1 aliphatic rings. The summed E-state index contributed by atoms with van der Waals surface area (Å²) < 4.78 is 26.6. The van der Waals surface area contributed by atoms with Gasteiger partial charge < -0.3 is 19.4 Å². The second-order valence-electron chi connectivity index (χ2n) is 8.08. The van der Waals surface area contributed by atoms with Gasteiger partial charge in [0.05, 0.1) is 24.1 Å². The molecule has 5 rings (SSSR count). The summed E-state index contributed by atoms with van der Waals surface area (Å²) in [5, 5.41) is 7.18. The highest BCUT2D eigenvalue weighted by atomic mass is 32.1. The highest BCUT2D eigenvalue weighted by Gasteiger charge is 2.24. The van der Waals surface area contributed by atoms with Gasteiger partial charge in [0.25, 0.3) is 0 Å². The van der Waals surface area contributed by atoms with Crippen LogP contribution < -0.4 is 20.8 Å². The molecule has 0 radical (unpaired) electrons. The number of thiazole rings is 1. The van der Waals surface area contributed by atoms with Gasteiger partial charge in [-0.2, -0.15) is 4.39 Å². The van der Waals surface area contributed by atoms with Crippen molar-refractivity contribution >= 4 is 40.1 Å². The summed E-state index contributed by atoms with van der Waals surface area (Å²) in [6.07, 6.45) is 3.02. The average Bonchev–Trinajstić information content (AvgIpc) is 3.32. The van der Waals surface area contributed by atoms with Crippen LogP contribution in [0.3, 0.4) is 0 Å². The minimum atomic E-state index is -0.696. The maximum atomic E-state index is 13.9. The third-order valence-corrected chi connectivity index (χ3v) is 6.57. The molecule has 190 valence electrons. The number of ether oxygens (including phenoxy) is 2. The second kappa shape index (κ2) is 9.97. The third-order valence-electron chi connectivity index (χ3n) is 5.72. The predicted octanol–water partition coefficient (Wildman–Crippen LogP) is 4.04. The first kappa shape index (κ1) is 24.4. The van der Waals surface area contributed by atoms with Crippen LogP contribution in [0.25, 0.3) is 32.6 Å². The molecule has 0 saturated heterocycles. The zero-order chi connectivity index (χ0) is 26.1. The Kier molecular flexibility index (Phi) is 6.57. The van der Waals surface area contributed by atoms with Gasteiger partial charge in [-0.25, -0.2) is 19.6 Å². The van der Waals surface area contributed by atoms with E-state index in [0.717, 1.165) is 11.3 Å². The maximum Gasteiger partial charge on any atom is 0.343 e. The van der Waals surface area contributed by atoms with Gasteiger partial charge in [-0.15, -0.1) is 11.3 Å². The fourth-order valence-electron chi connectivity index (χ4n) is 4.18. The average molecular weight is 524 g/mol. The van der Waals surface area contributed by atoms with Gasteiger partial charge in [-0.3, -0.25) is 10.1 Å². The van der Waals surface area contributed by atoms with Gasteiger partial charge in [0.2, 0.25) is 11.4 Å². The number of esters is 1. The molecule has 0 fully saturated rings. The number of carbonyl (C=O) groups excluding carboxylic acids is 2. The number of rotatable bonds is 6. The smallest absolute Gasteiger partial charge is 0.343 e. The van der Waals surface area contributed by atoms with E-state index in [1.54, 1.807) is 36.6 Å². The minimum absolute atomic E-state index is 0.0684. The molecule has 3 aromatic heterocycles. The first-order chi connectivity index (χ1) is 17.9. The van der Waals surface area contributed by atoms with Crippen LogP contribution in [0.1, 0.15) is 24.2 Å². The monoisotopic (exact) mass is 523 g/mol. The number of pyridine rings is 2. The maximum absolute atomic E-state index is 13.9. The van der Waals surface area contributed by atoms with Crippen molar-refractivity contribution in [2.24, 2.45) is 0 Å². The first-order valence-electron chi connectivity index (χ1n) is 11.6. The lowest BCUT2D eigenvalue weighted by Gasteiger charge is -2.22. The Morgan fingerprint density at radius 2 is 2.08 bits per heavy atom. The standard InChI is InChI=1S/C25H22FN5O5S/c1-3-27-25(34)30-20-9-14(23-29-19(26)12-37-23)16(10-28-20)13-7-15-21-18(8-13)36-6-5-31(21)11-17(22(15)32)24(33)35-4-2/h7-12H,3-6H2,1-2H3,(H2,27,28,30,34). The Morgan fingerprint density at radius 1 is 1.24 bits per heavy atom. The number of halogens is 1. The summed E-state index contributed by atoms with van der Waals surface area (Å²) in [5.41, 5.74) is 1.61. The quantitative estimate of drug-likeness (QED) is 0.366. The topological polar surface area (TPSA) is 124 Å². The van der Waals surface area contributed by atoms with Crippen molar-refractivity contribution in [3.05, 3.63) is 57.7 Å². The molecule has 0 unspecified atom stereocenters. The summed E-state index contributed by atoms with van der Waals surface area (Å²) in [7, 11) is 0. The molecule has 4 aromatic rings. The molecular weight excluding hydrogens is 501 g/mol. The molecule has 4 heterocycles. The largest absolute Gasteiger partial charge is 0.489 e. The van der Waals surface area contributed by atoms with E-state index in [2.05, 4.69) is 20.6 Å². The molecule has 2 amide bonds. The van der Waals surface area contributed by atoms with Crippen molar-refractivity contribution in [3.8, 4) is 27.4 Å². The van der Waals surface area contributed by atoms with E-state index in [1.165, 1.54) is 17.8 Å². The second-order valence-corrected chi connectivity index (χ2v) is 8.94. The lowest BCUT2D eigenvalue weighted by atomic mass is 9.98. The van der Waals surface area contributed by atoms with Crippen LogP contribution in [0.2, 0.25) is 0 Å². The molecule has 0 aliphatic carbocycles. The molecule has 0 saturated carbocycles. The van der Waals surface area contributed by atoms with Gasteiger partial charge in [0, 0.05) is 35.4 Å². The van der Waals surface area contributed by atoms with E-state index >= 15 is 0 Å². The van der Waals surface area contributed by atoms with Crippen LogP contribution in [0, 0.1) is 5.95 Å². The molecular formula is C25H22FN5O5S. The zero-order valence-corrected chi connectivity index (χ0v) is 20.8. The Morgan fingerprint density at radius 3 is 2.81 bits per heavy atom. The molecule has 0 atom stereocenters. The molecule has 12 heteroatoms. The molecule has 10 nitrogen and oxygen atoms in total. The number of benzene rings is 1. The van der Waals surface area contributed by atoms with Gasteiger partial charge >= 0.3 is 12.0 Å². The zero-order valence-electron chi connectivity index (χ0n) is 20.0. The van der Waals surface area contributed by atoms with Gasteiger partial charge in [-0.1, -0.05) is 0 Å². The predicted molar refractivity (Wildman–Crippen MR) is 137 cm³/mol. The lowest BCUT2D eigenvalue weighted by molar-refractivity contribution is 0.0524. The number of carbonyl (C=O) groups is 2. The number of amides is 2. The number of hydrogen-bond donors (Lipinski definition) is 2. The van der Waals surface area contributed by atoms with Crippen molar-refractivity contribution in [2.75, 3.05) is 25.1 Å². The summed E-state index contributed by atoms with van der Waals surface area (Å²) in [5.74, 6) is -0.629. The van der Waals surface area contributed by atoms with E-state index < -0.39 is 23.4 Å². The summed E-state index contributed by atoms with van der Waals surface area (Å²) >= 11 is 1.09. The molecule has 0 spiro atoms. The lowest BCUT2D eigenvalue weighted by Crippen LogP contribution is -2.28. The number of nitrogens with zero attached hydrogens (tertiary/aromatic N) is 3. The highest BCUT2D eigenvalue weighted by molar-refractivity contribution is 7.13. The number of urea groups is 1. The van der Waals surface area contributed by atoms with Crippen molar-refractivity contribution in [2.45, 2.75) is 20.4 Å². The molecule has 37 heavy (non-hydrogen) atoms. The van der Waals surface area contributed by atoms with Crippen LogP contribution in [-0.4, -0.2) is 46.3 Å². The third kappa shape index (κ3) is 4.62. The SMILES string of the molecule is CCNC(=O)Nc1cc(-c2nc(F)cs2)c(-c2cc3c4c(c2)c(=O)c(C(=O)OCC)cn4CCO3)cn1. The fourth-order valence-corrected chi connectivity index (χ4v) is 4.88. The normalized spacial score (nSPS) is 12.2. The van der Waals surface area contributed by atoms with Gasteiger partial charge in [0.1, 0.15) is 28.7 Å². The van der Waals surface area contributed by atoms with Crippen LogP contribution in [0.4, 0.5) is 15.0 Å². The number of nitrogens with one attached hydrogen (secondary N) is 2. The van der Waals surface area contributed by atoms with Crippen LogP contribution in [0.5, 0.6) is 5.75 Å². The van der Waals surface area contributed by atoms with E-state index in [9.17, 15) is 18.8 Å². The van der Waals surface area contributed by atoms with E-state index in [1.807, 2.05) is 0 Å². The summed E-state index contributed by atoms with van der Waals surface area (Å²) in [4.78, 5) is 46.2. The van der Waals surface area contributed by atoms with Crippen molar-refractivity contribution < 1.29 is 23.5 Å². The van der Waals surface area contributed by atoms with E-state index in [4.69, 9.17) is 9.47 Å². The Labute approximate surface area is 214 Å². The fraction of sp³-hybridized carbons (Fsp3) is 0.240. The van der Waals surface area contributed by atoms with Gasteiger partial charge in [0.15, 0.2) is 0 Å². The van der Waals surface area contributed by atoms with Gasteiger partial charge in [-0.05, 0) is 37.6 Å². The van der Waals surface area contributed by atoms with E-state index in [0.29, 0.717) is 52.7 Å². The van der Waals surface area contributed by atoms with E-state index in [-0.39, 0.29) is 23.4 Å². The molecule has 1 aliphatic heterocycles. The molecule has 0 bridgehead atoms. The van der Waals surface area contributed by atoms with Crippen molar-refractivity contribution in [1.82, 2.24) is 19.9 Å². The van der Waals surface area contributed by atoms with Crippen LogP contribution in [0.15, 0.2) is 40.8 Å². The van der Waals surface area contributed by atoms with Crippen molar-refractivity contribution in [3.63, 3.8) is 0 Å². The summed E-state index contributed by atoms with van der Waals surface area (Å²) in [6, 6.07) is 4.57. The van der Waals surface area contributed by atoms with Crippen LogP contribution in [-0.2, 0) is 11.3 Å². The van der Waals surface area contributed by atoms with Crippen molar-refractivity contribution in [1.29, 1.82) is 0 Å². The summed E-state index contributed by atoms with van der Waals surface area (Å²) in [6.45, 7) is 4.83. The minimum Gasteiger partial charge on any atom is -0.489 e. The van der Waals surface area contributed by atoms with Crippen LogP contribution >= 0.6 is 11.3 Å². The number of hydrogen-bond acceptors (Lipinski definition) is 8. The Bertz CT molecular complexity index is 1600. The number of anilines is 1.